The first-order valence-corrected chi connectivity index (χ1v) is 10.3. The highest BCUT2D eigenvalue weighted by Crippen LogP contribution is 2.31. The quantitative estimate of drug-likeness (QED) is 0.718. The van der Waals surface area contributed by atoms with Crippen molar-refractivity contribution in [3.05, 3.63) is 66.2 Å². The second-order valence-corrected chi connectivity index (χ2v) is 7.90. The summed E-state index contributed by atoms with van der Waals surface area (Å²) in [5, 5.41) is 24.1. The van der Waals surface area contributed by atoms with Gasteiger partial charge in [-0.15, -0.1) is 0 Å². The lowest BCUT2D eigenvalue weighted by molar-refractivity contribution is -0.0145. The number of likely N-dealkylation sites (tertiary alicyclic amines) is 1. The van der Waals surface area contributed by atoms with E-state index in [4.69, 9.17) is 4.74 Å². The van der Waals surface area contributed by atoms with E-state index in [2.05, 4.69) is 10.2 Å². The van der Waals surface area contributed by atoms with Gasteiger partial charge in [0.2, 0.25) is 0 Å². The van der Waals surface area contributed by atoms with Crippen molar-refractivity contribution in [1.29, 1.82) is 0 Å². The van der Waals surface area contributed by atoms with E-state index in [0.717, 1.165) is 0 Å². The van der Waals surface area contributed by atoms with Crippen molar-refractivity contribution in [3.8, 4) is 5.75 Å². The van der Waals surface area contributed by atoms with Gasteiger partial charge >= 0.3 is 0 Å². The Morgan fingerprint density at radius 1 is 0.966 bits per heavy atom. The molecule has 29 heavy (non-hydrogen) atoms. The second-order valence-electron chi connectivity index (χ2n) is 7.90. The van der Waals surface area contributed by atoms with Gasteiger partial charge in [-0.1, -0.05) is 36.4 Å². The van der Waals surface area contributed by atoms with E-state index >= 15 is 0 Å². The monoisotopic (exact) mass is 396 g/mol. The first-order valence-electron chi connectivity index (χ1n) is 10.3. The fourth-order valence-electron chi connectivity index (χ4n) is 4.42. The maximum Gasteiger partial charge on any atom is 0.251 e. The van der Waals surface area contributed by atoms with Crippen LogP contribution in [0.1, 0.15) is 29.6 Å². The Hall–Kier alpha value is -2.41. The van der Waals surface area contributed by atoms with Crippen LogP contribution in [0.15, 0.2) is 60.7 Å². The Morgan fingerprint density at radius 3 is 2.24 bits per heavy atom. The van der Waals surface area contributed by atoms with Crippen molar-refractivity contribution in [3.63, 3.8) is 0 Å². The summed E-state index contributed by atoms with van der Waals surface area (Å²) in [5.41, 5.74) is 0.599. The third kappa shape index (κ3) is 4.61. The molecule has 1 aliphatic heterocycles. The van der Waals surface area contributed by atoms with Crippen molar-refractivity contribution in [2.75, 3.05) is 13.1 Å². The number of carbonyl (C=O) groups is 1. The van der Waals surface area contributed by atoms with E-state index in [1.54, 1.807) is 12.1 Å². The number of aliphatic hydroxyl groups is 2. The van der Waals surface area contributed by atoms with Crippen LogP contribution in [-0.2, 0) is 0 Å². The van der Waals surface area contributed by atoms with Gasteiger partial charge < -0.3 is 20.3 Å². The maximum absolute atomic E-state index is 12.8. The van der Waals surface area contributed by atoms with Crippen LogP contribution in [0.2, 0.25) is 0 Å². The number of hydrogen-bond acceptors (Lipinski definition) is 5. The Bertz CT molecular complexity index is 793. The minimum atomic E-state index is -0.730. The molecule has 1 aliphatic carbocycles. The second kappa shape index (κ2) is 8.95. The molecule has 1 heterocycles. The van der Waals surface area contributed by atoms with Gasteiger partial charge in [0.15, 0.2) is 0 Å². The molecule has 2 aromatic rings. The number of nitrogens with one attached hydrogen (secondary N) is 1. The summed E-state index contributed by atoms with van der Waals surface area (Å²) in [6.07, 6.45) is 0.443. The molecule has 2 aromatic carbocycles. The lowest BCUT2D eigenvalue weighted by Crippen LogP contribution is -2.55. The number of carbonyl (C=O) groups excluding carboxylic acids is 1. The number of piperidine rings is 1. The normalized spacial score (nSPS) is 28.2. The standard InChI is InChI=1S/C23H28N2O4/c26-17-11-13-25(14-12-17)21-19(24-23(28)16-7-3-1-4-8-16)15-20(22(21)27)29-18-9-5-2-6-10-18/h1-10,17,19-22,26-27H,11-15H2,(H,24,28)/t19-,20-,21+,22+/m1/s1. The predicted octanol–water partition coefficient (Wildman–Crippen LogP) is 1.82. The SMILES string of the molecule is O=C(N[C@@H]1C[C@@H](Oc2ccccc2)[C@H](O)[C@H]1N1CCC(O)CC1)c1ccccc1. The minimum Gasteiger partial charge on any atom is -0.488 e. The number of benzene rings is 2. The molecule has 2 aliphatic rings. The van der Waals surface area contributed by atoms with E-state index in [9.17, 15) is 15.0 Å². The van der Waals surface area contributed by atoms with Crippen LogP contribution in [0.3, 0.4) is 0 Å². The molecule has 0 aromatic heterocycles. The predicted molar refractivity (Wildman–Crippen MR) is 110 cm³/mol. The van der Waals surface area contributed by atoms with Gasteiger partial charge in [-0.2, -0.15) is 0 Å². The summed E-state index contributed by atoms with van der Waals surface area (Å²) in [6, 6.07) is 18.1. The van der Waals surface area contributed by atoms with Crippen molar-refractivity contribution in [1.82, 2.24) is 10.2 Å². The lowest BCUT2D eigenvalue weighted by atomic mass is 10.0. The molecular weight excluding hydrogens is 368 g/mol. The van der Waals surface area contributed by atoms with Crippen LogP contribution >= 0.6 is 0 Å². The van der Waals surface area contributed by atoms with Gasteiger partial charge in [0.05, 0.1) is 18.2 Å². The molecule has 4 rings (SSSR count). The van der Waals surface area contributed by atoms with Gasteiger partial charge in [-0.3, -0.25) is 9.69 Å². The zero-order valence-electron chi connectivity index (χ0n) is 16.4. The van der Waals surface area contributed by atoms with Gasteiger partial charge in [0.25, 0.3) is 5.91 Å². The molecule has 0 bridgehead atoms. The van der Waals surface area contributed by atoms with Crippen molar-refractivity contribution >= 4 is 5.91 Å². The third-order valence-corrected chi connectivity index (χ3v) is 5.93. The summed E-state index contributed by atoms with van der Waals surface area (Å²) in [4.78, 5) is 14.9. The molecular formula is C23H28N2O4. The number of rotatable bonds is 5. The van der Waals surface area contributed by atoms with Crippen LogP contribution in [0.4, 0.5) is 0 Å². The molecule has 0 radical (unpaired) electrons. The molecule has 1 amide bonds. The molecule has 1 saturated carbocycles. The number of aliphatic hydroxyl groups excluding tert-OH is 2. The zero-order chi connectivity index (χ0) is 20.2. The Morgan fingerprint density at radius 2 is 1.59 bits per heavy atom. The number of para-hydroxylation sites is 1. The molecule has 1 saturated heterocycles. The molecule has 154 valence electrons. The van der Waals surface area contributed by atoms with Crippen molar-refractivity contribution in [2.24, 2.45) is 0 Å². The minimum absolute atomic E-state index is 0.148. The maximum atomic E-state index is 12.8. The van der Waals surface area contributed by atoms with E-state index in [-0.39, 0.29) is 24.1 Å². The van der Waals surface area contributed by atoms with Gasteiger partial charge in [0.1, 0.15) is 18.0 Å². The number of amides is 1. The Kier molecular flexibility index (Phi) is 6.13. The molecule has 0 unspecified atom stereocenters. The van der Waals surface area contributed by atoms with E-state index in [1.165, 1.54) is 0 Å². The zero-order valence-corrected chi connectivity index (χ0v) is 16.4. The average molecular weight is 396 g/mol. The Balaban J connectivity index is 1.52. The molecule has 0 spiro atoms. The number of ether oxygens (including phenoxy) is 1. The summed E-state index contributed by atoms with van der Waals surface area (Å²) < 4.78 is 6.07. The summed E-state index contributed by atoms with van der Waals surface area (Å²) in [5.74, 6) is 0.560. The smallest absolute Gasteiger partial charge is 0.251 e. The largest absolute Gasteiger partial charge is 0.488 e. The summed E-state index contributed by atoms with van der Waals surface area (Å²) in [7, 11) is 0. The van der Waals surface area contributed by atoms with Crippen LogP contribution < -0.4 is 10.1 Å². The first-order chi connectivity index (χ1) is 14.1. The van der Waals surface area contributed by atoms with Crippen LogP contribution in [0.5, 0.6) is 5.75 Å². The molecule has 6 nitrogen and oxygen atoms in total. The van der Waals surface area contributed by atoms with Crippen molar-refractivity contribution < 1.29 is 19.7 Å². The summed E-state index contributed by atoms with van der Waals surface area (Å²) in [6.45, 7) is 1.39. The highest BCUT2D eigenvalue weighted by molar-refractivity contribution is 5.94. The van der Waals surface area contributed by atoms with Crippen molar-refractivity contribution in [2.45, 2.75) is 49.7 Å². The van der Waals surface area contributed by atoms with Crippen LogP contribution in [0, 0.1) is 0 Å². The van der Waals surface area contributed by atoms with E-state index in [0.29, 0.717) is 43.7 Å². The van der Waals surface area contributed by atoms with Gasteiger partial charge in [-0.05, 0) is 37.1 Å². The molecule has 2 fully saturated rings. The number of hydrogen-bond donors (Lipinski definition) is 3. The van der Waals surface area contributed by atoms with Crippen LogP contribution in [0.25, 0.3) is 0 Å². The topological polar surface area (TPSA) is 82.0 Å². The van der Waals surface area contributed by atoms with E-state index < -0.39 is 12.2 Å². The highest BCUT2D eigenvalue weighted by Gasteiger charge is 2.48. The van der Waals surface area contributed by atoms with Crippen LogP contribution in [-0.4, -0.2) is 64.5 Å². The Labute approximate surface area is 171 Å². The first kappa shape index (κ1) is 19.9. The third-order valence-electron chi connectivity index (χ3n) is 5.93. The fourth-order valence-corrected chi connectivity index (χ4v) is 4.42. The molecule has 3 N–H and O–H groups in total. The van der Waals surface area contributed by atoms with E-state index in [1.807, 2.05) is 48.5 Å². The summed E-state index contributed by atoms with van der Waals surface area (Å²) >= 11 is 0. The van der Waals surface area contributed by atoms with Gasteiger partial charge in [0, 0.05) is 25.1 Å². The molecule has 4 atom stereocenters. The fraction of sp³-hybridized carbons (Fsp3) is 0.435. The molecule has 6 heteroatoms. The lowest BCUT2D eigenvalue weighted by Gasteiger charge is -2.38. The van der Waals surface area contributed by atoms with Gasteiger partial charge in [-0.25, -0.2) is 0 Å². The number of nitrogens with zero attached hydrogens (tertiary/aromatic N) is 1. The highest BCUT2D eigenvalue weighted by atomic mass is 16.5. The average Bonchev–Trinajstić information content (AvgIpc) is 3.05.